The highest BCUT2D eigenvalue weighted by atomic mass is 32.2. The van der Waals surface area contributed by atoms with E-state index in [0.29, 0.717) is 37.8 Å². The molecule has 8 heteroatoms. The highest BCUT2D eigenvalue weighted by Crippen LogP contribution is 2.32. The number of rotatable bonds is 4. The van der Waals surface area contributed by atoms with Crippen LogP contribution in [0, 0.1) is 5.92 Å². The van der Waals surface area contributed by atoms with Crippen LogP contribution in [0.15, 0.2) is 0 Å². The SMILES string of the molecule is O=C([C@@H]1CSCN1C(=O)C1CCC1)N1CCN(CC(F)F)CC1. The van der Waals surface area contributed by atoms with Crippen molar-refractivity contribution < 1.29 is 18.4 Å². The summed E-state index contributed by atoms with van der Waals surface area (Å²) in [6.07, 6.45) is 0.641. The van der Waals surface area contributed by atoms with Gasteiger partial charge in [0.25, 0.3) is 6.43 Å². The molecular weight excluding hydrogens is 324 g/mol. The Morgan fingerprint density at radius 2 is 1.78 bits per heavy atom. The first-order valence-corrected chi connectivity index (χ1v) is 9.39. The lowest BCUT2D eigenvalue weighted by atomic mass is 9.84. The van der Waals surface area contributed by atoms with Gasteiger partial charge in [-0.25, -0.2) is 8.78 Å². The topological polar surface area (TPSA) is 43.9 Å². The van der Waals surface area contributed by atoms with Gasteiger partial charge >= 0.3 is 0 Å². The number of carbonyl (C=O) groups excluding carboxylic acids is 2. The molecule has 1 atom stereocenters. The predicted molar refractivity (Wildman–Crippen MR) is 84.3 cm³/mol. The van der Waals surface area contributed by atoms with Gasteiger partial charge < -0.3 is 9.80 Å². The number of thioether (sulfide) groups is 1. The Kier molecular flexibility index (Phi) is 5.41. The van der Waals surface area contributed by atoms with E-state index in [2.05, 4.69) is 0 Å². The highest BCUT2D eigenvalue weighted by molar-refractivity contribution is 7.99. The van der Waals surface area contributed by atoms with E-state index >= 15 is 0 Å². The first kappa shape index (κ1) is 17.0. The monoisotopic (exact) mass is 347 g/mol. The predicted octanol–water partition coefficient (Wildman–Crippen LogP) is 1.10. The third-order valence-corrected chi connectivity index (χ3v) is 6.00. The molecule has 0 bridgehead atoms. The number of piperazine rings is 1. The summed E-state index contributed by atoms with van der Waals surface area (Å²) in [6, 6.07) is -0.366. The summed E-state index contributed by atoms with van der Waals surface area (Å²) in [5.41, 5.74) is 0. The summed E-state index contributed by atoms with van der Waals surface area (Å²) in [7, 11) is 0. The van der Waals surface area contributed by atoms with Gasteiger partial charge in [-0.1, -0.05) is 6.42 Å². The quantitative estimate of drug-likeness (QED) is 0.764. The van der Waals surface area contributed by atoms with Gasteiger partial charge in [-0.05, 0) is 12.8 Å². The van der Waals surface area contributed by atoms with Crippen molar-refractivity contribution in [1.29, 1.82) is 0 Å². The van der Waals surface area contributed by atoms with E-state index < -0.39 is 6.43 Å². The van der Waals surface area contributed by atoms with Crippen molar-refractivity contribution in [3.05, 3.63) is 0 Å². The van der Waals surface area contributed by atoms with Gasteiger partial charge in [-0.15, -0.1) is 11.8 Å². The molecule has 23 heavy (non-hydrogen) atoms. The number of amides is 2. The van der Waals surface area contributed by atoms with Crippen molar-refractivity contribution in [2.75, 3.05) is 44.4 Å². The van der Waals surface area contributed by atoms with Crippen LogP contribution >= 0.6 is 11.8 Å². The molecule has 2 saturated heterocycles. The van der Waals surface area contributed by atoms with Crippen LogP contribution < -0.4 is 0 Å². The summed E-state index contributed by atoms with van der Waals surface area (Å²) in [5, 5.41) is 0. The Morgan fingerprint density at radius 1 is 1.09 bits per heavy atom. The molecule has 2 amide bonds. The molecule has 0 radical (unpaired) electrons. The molecule has 3 aliphatic rings. The van der Waals surface area contributed by atoms with E-state index in [0.717, 1.165) is 19.3 Å². The van der Waals surface area contributed by atoms with E-state index in [1.165, 1.54) is 0 Å². The zero-order chi connectivity index (χ0) is 16.4. The number of halogens is 2. The number of hydrogen-bond donors (Lipinski definition) is 0. The molecule has 0 N–H and O–H groups in total. The second kappa shape index (κ2) is 7.34. The lowest BCUT2D eigenvalue weighted by molar-refractivity contribution is -0.148. The summed E-state index contributed by atoms with van der Waals surface area (Å²) in [4.78, 5) is 30.3. The molecule has 1 saturated carbocycles. The van der Waals surface area contributed by atoms with Crippen LogP contribution in [-0.4, -0.2) is 83.3 Å². The third-order valence-electron chi connectivity index (χ3n) is 4.99. The van der Waals surface area contributed by atoms with Gasteiger partial charge in [0, 0.05) is 37.8 Å². The summed E-state index contributed by atoms with van der Waals surface area (Å²) in [5.74, 6) is 1.45. The Labute approximate surface area is 139 Å². The van der Waals surface area contributed by atoms with Gasteiger partial charge in [0.15, 0.2) is 0 Å². The lowest BCUT2D eigenvalue weighted by Crippen LogP contribution is -2.56. The third kappa shape index (κ3) is 3.79. The highest BCUT2D eigenvalue weighted by Gasteiger charge is 2.41. The van der Waals surface area contributed by atoms with E-state index in [4.69, 9.17) is 0 Å². The van der Waals surface area contributed by atoms with E-state index in [-0.39, 0.29) is 30.3 Å². The van der Waals surface area contributed by atoms with Gasteiger partial charge in [-0.2, -0.15) is 0 Å². The molecule has 130 valence electrons. The first-order valence-electron chi connectivity index (χ1n) is 8.24. The molecule has 0 aromatic carbocycles. The smallest absolute Gasteiger partial charge is 0.251 e. The van der Waals surface area contributed by atoms with Crippen LogP contribution in [0.2, 0.25) is 0 Å². The molecule has 3 fully saturated rings. The molecule has 0 aromatic heterocycles. The Hall–Kier alpha value is -0.890. The minimum Gasteiger partial charge on any atom is -0.338 e. The maximum absolute atomic E-state index is 12.7. The maximum atomic E-state index is 12.7. The van der Waals surface area contributed by atoms with Gasteiger partial charge in [-0.3, -0.25) is 14.5 Å². The van der Waals surface area contributed by atoms with Crippen LogP contribution in [0.25, 0.3) is 0 Å². The van der Waals surface area contributed by atoms with Crippen molar-refractivity contribution in [2.24, 2.45) is 5.92 Å². The van der Waals surface area contributed by atoms with Gasteiger partial charge in [0.1, 0.15) is 6.04 Å². The van der Waals surface area contributed by atoms with E-state index in [9.17, 15) is 18.4 Å². The number of hydrogen-bond acceptors (Lipinski definition) is 4. The maximum Gasteiger partial charge on any atom is 0.251 e. The van der Waals surface area contributed by atoms with E-state index in [1.807, 2.05) is 0 Å². The minimum absolute atomic E-state index is 0.0145. The molecule has 1 aliphatic carbocycles. The zero-order valence-corrected chi connectivity index (χ0v) is 13.9. The molecule has 0 unspecified atom stereocenters. The fourth-order valence-corrected chi connectivity index (χ4v) is 4.47. The molecular formula is C15H23F2N3O2S. The fraction of sp³-hybridized carbons (Fsp3) is 0.867. The van der Waals surface area contributed by atoms with Crippen molar-refractivity contribution in [2.45, 2.75) is 31.7 Å². The molecule has 0 spiro atoms. The second-order valence-electron chi connectivity index (χ2n) is 6.47. The molecule has 5 nitrogen and oxygen atoms in total. The number of carbonyl (C=O) groups is 2. The number of alkyl halides is 2. The normalized spacial score (nSPS) is 26.7. The van der Waals surface area contributed by atoms with Gasteiger partial charge in [0.05, 0.1) is 12.4 Å². The fourth-order valence-electron chi connectivity index (χ4n) is 3.31. The Morgan fingerprint density at radius 3 is 2.35 bits per heavy atom. The van der Waals surface area contributed by atoms with Crippen molar-refractivity contribution in [3.8, 4) is 0 Å². The molecule has 0 aromatic rings. The standard InChI is InChI=1S/C15H23F2N3O2S/c16-13(17)8-18-4-6-19(7-5-18)15(22)12-9-23-10-20(12)14(21)11-2-1-3-11/h11-13H,1-10H2/t12-/m0/s1. The lowest BCUT2D eigenvalue weighted by Gasteiger charge is -2.38. The van der Waals surface area contributed by atoms with Crippen molar-refractivity contribution >= 4 is 23.6 Å². The van der Waals surface area contributed by atoms with Crippen LogP contribution in [0.4, 0.5) is 8.78 Å². The van der Waals surface area contributed by atoms with Crippen LogP contribution in [0.5, 0.6) is 0 Å². The average Bonchev–Trinajstić information content (AvgIpc) is 2.94. The molecule has 2 aliphatic heterocycles. The zero-order valence-electron chi connectivity index (χ0n) is 13.1. The van der Waals surface area contributed by atoms with Crippen molar-refractivity contribution in [3.63, 3.8) is 0 Å². The summed E-state index contributed by atoms with van der Waals surface area (Å²) >= 11 is 1.62. The van der Waals surface area contributed by atoms with Crippen molar-refractivity contribution in [1.82, 2.24) is 14.7 Å². The van der Waals surface area contributed by atoms with E-state index in [1.54, 1.807) is 26.5 Å². The average molecular weight is 347 g/mol. The van der Waals surface area contributed by atoms with Crippen LogP contribution in [0.1, 0.15) is 19.3 Å². The summed E-state index contributed by atoms with van der Waals surface area (Å²) < 4.78 is 24.8. The summed E-state index contributed by atoms with van der Waals surface area (Å²) in [6.45, 7) is 1.67. The Bertz CT molecular complexity index is 454. The molecule has 3 rings (SSSR count). The Balaban J connectivity index is 1.54. The van der Waals surface area contributed by atoms with Crippen LogP contribution in [0.3, 0.4) is 0 Å². The van der Waals surface area contributed by atoms with Gasteiger partial charge in [0.2, 0.25) is 11.8 Å². The van der Waals surface area contributed by atoms with Crippen LogP contribution in [-0.2, 0) is 9.59 Å². The first-order chi connectivity index (χ1) is 11.1. The molecule has 2 heterocycles. The second-order valence-corrected chi connectivity index (χ2v) is 7.47. The largest absolute Gasteiger partial charge is 0.338 e. The minimum atomic E-state index is -2.33. The number of nitrogens with zero attached hydrogens (tertiary/aromatic N) is 3.